The molecule has 146 valence electrons. The molecule has 1 rings (SSSR count). The molecule has 0 aliphatic heterocycles. The van der Waals surface area contributed by atoms with Crippen molar-refractivity contribution in [1.29, 1.82) is 0 Å². The van der Waals surface area contributed by atoms with Crippen molar-refractivity contribution in [3.05, 3.63) is 30.1 Å². The van der Waals surface area contributed by atoms with Crippen LogP contribution in [0.2, 0.25) is 0 Å². The molecule has 0 bridgehead atoms. The van der Waals surface area contributed by atoms with E-state index in [1.54, 1.807) is 26.0 Å². The van der Waals surface area contributed by atoms with Crippen molar-refractivity contribution < 1.29 is 18.7 Å². The van der Waals surface area contributed by atoms with Gasteiger partial charge in [0.15, 0.2) is 0 Å². The second-order valence-corrected chi connectivity index (χ2v) is 7.73. The Hall–Kier alpha value is -1.76. The smallest absolute Gasteiger partial charge is 0.408 e. The highest BCUT2D eigenvalue weighted by Gasteiger charge is 2.27. The van der Waals surface area contributed by atoms with Crippen molar-refractivity contribution in [1.82, 2.24) is 10.6 Å². The Kier molecular flexibility index (Phi) is 9.48. The summed E-state index contributed by atoms with van der Waals surface area (Å²) in [6.45, 7) is 9.29. The number of benzene rings is 1. The molecule has 0 saturated carbocycles. The number of rotatable bonds is 9. The summed E-state index contributed by atoms with van der Waals surface area (Å²) in [6.07, 6.45) is -0.0888. The van der Waals surface area contributed by atoms with Crippen LogP contribution < -0.4 is 10.6 Å². The summed E-state index contributed by atoms with van der Waals surface area (Å²) in [4.78, 5) is 25.4. The van der Waals surface area contributed by atoms with Crippen molar-refractivity contribution in [2.75, 3.05) is 5.75 Å². The van der Waals surface area contributed by atoms with Crippen LogP contribution in [0, 0.1) is 11.7 Å². The molecule has 0 aliphatic carbocycles. The standard InChI is InChI=1S/C19H29FN2O3S/c1-6-13(4)17(22-19(24)25-12(2)3)18(23)21-14(5)11-26-16-9-7-15(20)8-10-16/h7-10,12-14,17H,6,11H2,1-5H3,(H,21,23)(H,22,24). The van der Waals surface area contributed by atoms with Crippen LogP contribution in [-0.4, -0.2) is 35.9 Å². The Bertz CT molecular complexity index is 581. The van der Waals surface area contributed by atoms with Gasteiger partial charge in [0.1, 0.15) is 11.9 Å². The van der Waals surface area contributed by atoms with Gasteiger partial charge in [-0.1, -0.05) is 20.3 Å². The van der Waals surface area contributed by atoms with Crippen molar-refractivity contribution in [3.63, 3.8) is 0 Å². The summed E-state index contributed by atoms with van der Waals surface area (Å²) in [7, 11) is 0. The van der Waals surface area contributed by atoms with E-state index >= 15 is 0 Å². The third-order valence-corrected chi connectivity index (χ3v) is 5.09. The minimum atomic E-state index is -0.649. The summed E-state index contributed by atoms with van der Waals surface area (Å²) in [5.74, 6) is 0.117. The van der Waals surface area contributed by atoms with Gasteiger partial charge in [-0.15, -0.1) is 11.8 Å². The maximum atomic E-state index is 12.9. The molecule has 0 aliphatic rings. The monoisotopic (exact) mass is 384 g/mol. The Morgan fingerprint density at radius 1 is 1.12 bits per heavy atom. The second kappa shape index (κ2) is 11.1. The van der Waals surface area contributed by atoms with E-state index in [4.69, 9.17) is 4.74 Å². The third kappa shape index (κ3) is 8.08. The van der Waals surface area contributed by atoms with Gasteiger partial charge in [-0.25, -0.2) is 9.18 Å². The molecule has 0 radical (unpaired) electrons. The average molecular weight is 385 g/mol. The molecule has 2 amide bonds. The molecule has 5 nitrogen and oxygen atoms in total. The minimum absolute atomic E-state index is 0.0216. The van der Waals surface area contributed by atoms with Crippen molar-refractivity contribution in [2.24, 2.45) is 5.92 Å². The molecule has 7 heteroatoms. The zero-order chi connectivity index (χ0) is 19.7. The van der Waals surface area contributed by atoms with E-state index < -0.39 is 12.1 Å². The first-order valence-corrected chi connectivity index (χ1v) is 9.87. The average Bonchev–Trinajstić information content (AvgIpc) is 2.57. The quantitative estimate of drug-likeness (QED) is 0.632. The molecule has 3 atom stereocenters. The van der Waals surface area contributed by atoms with E-state index in [0.29, 0.717) is 5.75 Å². The number of carbonyl (C=O) groups is 2. The summed E-state index contributed by atoms with van der Waals surface area (Å²) < 4.78 is 18.0. The minimum Gasteiger partial charge on any atom is -0.447 e. The van der Waals surface area contributed by atoms with Gasteiger partial charge in [-0.3, -0.25) is 4.79 Å². The number of halogens is 1. The highest BCUT2D eigenvalue weighted by atomic mass is 32.2. The molecular formula is C19H29FN2O3S. The third-order valence-electron chi connectivity index (χ3n) is 3.81. The lowest BCUT2D eigenvalue weighted by atomic mass is 9.98. The highest BCUT2D eigenvalue weighted by Crippen LogP contribution is 2.19. The van der Waals surface area contributed by atoms with Crippen LogP contribution in [0.4, 0.5) is 9.18 Å². The molecule has 0 aromatic heterocycles. The summed E-state index contributed by atoms with van der Waals surface area (Å²) in [5.41, 5.74) is 0. The molecule has 1 aromatic rings. The van der Waals surface area contributed by atoms with E-state index in [9.17, 15) is 14.0 Å². The van der Waals surface area contributed by atoms with Gasteiger partial charge in [-0.2, -0.15) is 0 Å². The number of alkyl carbamates (subject to hydrolysis) is 1. The lowest BCUT2D eigenvalue weighted by Crippen LogP contribution is -2.52. The van der Waals surface area contributed by atoms with Crippen LogP contribution in [0.25, 0.3) is 0 Å². The number of amides is 2. The van der Waals surface area contributed by atoms with Gasteiger partial charge in [0.25, 0.3) is 0 Å². The first kappa shape index (κ1) is 22.3. The summed E-state index contributed by atoms with van der Waals surface area (Å²) in [5, 5.41) is 5.59. The van der Waals surface area contributed by atoms with Gasteiger partial charge in [0, 0.05) is 16.7 Å². The van der Waals surface area contributed by atoms with Crippen LogP contribution in [0.1, 0.15) is 41.0 Å². The number of hydrogen-bond acceptors (Lipinski definition) is 4. The van der Waals surface area contributed by atoms with E-state index in [-0.39, 0.29) is 29.8 Å². The number of ether oxygens (including phenoxy) is 1. The molecule has 0 saturated heterocycles. The topological polar surface area (TPSA) is 67.4 Å². The Balaban J connectivity index is 2.57. The maximum Gasteiger partial charge on any atom is 0.408 e. The van der Waals surface area contributed by atoms with E-state index in [1.165, 1.54) is 23.9 Å². The first-order valence-electron chi connectivity index (χ1n) is 8.88. The van der Waals surface area contributed by atoms with Gasteiger partial charge in [0.2, 0.25) is 5.91 Å². The van der Waals surface area contributed by atoms with Crippen molar-refractivity contribution in [2.45, 2.75) is 64.1 Å². The molecule has 3 unspecified atom stereocenters. The fourth-order valence-corrected chi connectivity index (χ4v) is 3.06. The lowest BCUT2D eigenvalue weighted by Gasteiger charge is -2.25. The Labute approximate surface area is 159 Å². The highest BCUT2D eigenvalue weighted by molar-refractivity contribution is 7.99. The summed E-state index contributed by atoms with van der Waals surface area (Å²) in [6, 6.07) is 5.49. The van der Waals surface area contributed by atoms with E-state index in [1.807, 2.05) is 20.8 Å². The molecule has 0 fully saturated rings. The fourth-order valence-electron chi connectivity index (χ4n) is 2.20. The predicted molar refractivity (Wildman–Crippen MR) is 103 cm³/mol. The number of hydrogen-bond donors (Lipinski definition) is 2. The molecular weight excluding hydrogens is 355 g/mol. The lowest BCUT2D eigenvalue weighted by molar-refractivity contribution is -0.124. The van der Waals surface area contributed by atoms with Crippen molar-refractivity contribution >= 4 is 23.8 Å². The van der Waals surface area contributed by atoms with Crippen LogP contribution >= 0.6 is 11.8 Å². The van der Waals surface area contributed by atoms with E-state index in [0.717, 1.165) is 11.3 Å². The molecule has 2 N–H and O–H groups in total. The SMILES string of the molecule is CCC(C)C(NC(=O)OC(C)C)C(=O)NC(C)CSc1ccc(F)cc1. The van der Waals surface area contributed by atoms with Gasteiger partial charge >= 0.3 is 6.09 Å². The second-order valence-electron chi connectivity index (χ2n) is 6.64. The van der Waals surface area contributed by atoms with Crippen LogP contribution in [0.15, 0.2) is 29.2 Å². The zero-order valence-electron chi connectivity index (χ0n) is 16.0. The Morgan fingerprint density at radius 2 is 1.73 bits per heavy atom. The largest absolute Gasteiger partial charge is 0.447 e. The molecule has 0 heterocycles. The van der Waals surface area contributed by atoms with Gasteiger partial charge in [0.05, 0.1) is 6.10 Å². The molecule has 1 aromatic carbocycles. The zero-order valence-corrected chi connectivity index (χ0v) is 16.9. The maximum absolute atomic E-state index is 12.9. The number of nitrogens with one attached hydrogen (secondary N) is 2. The Morgan fingerprint density at radius 3 is 2.27 bits per heavy atom. The first-order chi connectivity index (χ1) is 12.2. The van der Waals surface area contributed by atoms with Gasteiger partial charge < -0.3 is 15.4 Å². The number of carbonyl (C=O) groups excluding carboxylic acids is 2. The summed E-state index contributed by atoms with van der Waals surface area (Å²) >= 11 is 1.53. The van der Waals surface area contributed by atoms with Crippen LogP contribution in [0.3, 0.4) is 0 Å². The predicted octanol–water partition coefficient (Wildman–Crippen LogP) is 3.97. The van der Waals surface area contributed by atoms with Crippen molar-refractivity contribution in [3.8, 4) is 0 Å². The fraction of sp³-hybridized carbons (Fsp3) is 0.579. The normalized spacial score (nSPS) is 14.4. The molecule has 26 heavy (non-hydrogen) atoms. The number of thioether (sulfide) groups is 1. The van der Waals surface area contributed by atoms with Crippen LogP contribution in [-0.2, 0) is 9.53 Å². The van der Waals surface area contributed by atoms with Gasteiger partial charge in [-0.05, 0) is 51.0 Å². The van der Waals surface area contributed by atoms with E-state index in [2.05, 4.69) is 10.6 Å². The molecule has 0 spiro atoms. The van der Waals surface area contributed by atoms with Crippen LogP contribution in [0.5, 0.6) is 0 Å².